The summed E-state index contributed by atoms with van der Waals surface area (Å²) in [5.74, 6) is -2.20. The van der Waals surface area contributed by atoms with Gasteiger partial charge in [0.1, 0.15) is 6.61 Å². The summed E-state index contributed by atoms with van der Waals surface area (Å²) in [5, 5.41) is 8.94. The van der Waals surface area contributed by atoms with Gasteiger partial charge < -0.3 is 14.7 Å². The molecular weight excluding hydrogens is 250 g/mol. The van der Waals surface area contributed by atoms with Crippen molar-refractivity contribution >= 4 is 23.5 Å². The molecule has 1 atom stereocenters. The van der Waals surface area contributed by atoms with Crippen LogP contribution in [0.3, 0.4) is 0 Å². The van der Waals surface area contributed by atoms with Crippen molar-refractivity contribution in [1.29, 1.82) is 0 Å². The SMILES string of the molecule is O=C1OCc2cc(N3C[C@H](C(=O)O)CC3=O)ccc21. The summed E-state index contributed by atoms with van der Waals surface area (Å²) in [5.41, 5.74) is 1.85. The average molecular weight is 261 g/mol. The molecule has 1 N–H and O–H groups in total. The summed E-state index contributed by atoms with van der Waals surface area (Å²) in [6.45, 7) is 0.369. The van der Waals surface area contributed by atoms with E-state index in [4.69, 9.17) is 9.84 Å². The van der Waals surface area contributed by atoms with Crippen LogP contribution in [0.4, 0.5) is 5.69 Å². The summed E-state index contributed by atoms with van der Waals surface area (Å²) in [6.07, 6.45) is 0.0157. The Kier molecular flexibility index (Phi) is 2.51. The second-order valence-electron chi connectivity index (χ2n) is 4.66. The lowest BCUT2D eigenvalue weighted by Gasteiger charge is -2.16. The van der Waals surface area contributed by atoms with Crippen LogP contribution in [0, 0.1) is 5.92 Å². The van der Waals surface area contributed by atoms with Gasteiger partial charge >= 0.3 is 11.9 Å². The predicted molar refractivity (Wildman–Crippen MR) is 63.7 cm³/mol. The van der Waals surface area contributed by atoms with E-state index in [1.54, 1.807) is 18.2 Å². The van der Waals surface area contributed by atoms with Crippen LogP contribution < -0.4 is 4.90 Å². The molecule has 0 saturated carbocycles. The molecule has 2 aliphatic heterocycles. The van der Waals surface area contributed by atoms with Crippen LogP contribution >= 0.6 is 0 Å². The van der Waals surface area contributed by atoms with Gasteiger partial charge in [-0.3, -0.25) is 9.59 Å². The van der Waals surface area contributed by atoms with Gasteiger partial charge in [0.25, 0.3) is 0 Å². The highest BCUT2D eigenvalue weighted by Gasteiger charge is 2.35. The fraction of sp³-hybridized carbons (Fsp3) is 0.308. The first-order valence-electron chi connectivity index (χ1n) is 5.89. The molecule has 2 aliphatic rings. The number of ether oxygens (including phenoxy) is 1. The molecule has 1 aromatic carbocycles. The van der Waals surface area contributed by atoms with Crippen LogP contribution in [-0.2, 0) is 20.9 Å². The van der Waals surface area contributed by atoms with E-state index >= 15 is 0 Å². The van der Waals surface area contributed by atoms with E-state index in [2.05, 4.69) is 0 Å². The Morgan fingerprint density at radius 1 is 1.37 bits per heavy atom. The Morgan fingerprint density at radius 3 is 2.84 bits per heavy atom. The molecule has 0 radical (unpaired) electrons. The third-order valence-corrected chi connectivity index (χ3v) is 3.45. The van der Waals surface area contributed by atoms with E-state index in [1.165, 1.54) is 4.90 Å². The topological polar surface area (TPSA) is 83.9 Å². The molecule has 6 heteroatoms. The highest BCUT2D eigenvalue weighted by atomic mass is 16.5. The molecule has 1 aromatic rings. The molecule has 0 aliphatic carbocycles. The van der Waals surface area contributed by atoms with Gasteiger partial charge in [0.15, 0.2) is 0 Å². The van der Waals surface area contributed by atoms with E-state index in [1.807, 2.05) is 0 Å². The largest absolute Gasteiger partial charge is 0.481 e. The van der Waals surface area contributed by atoms with E-state index in [0.29, 0.717) is 11.3 Å². The Labute approximate surface area is 108 Å². The van der Waals surface area contributed by atoms with Crippen LogP contribution in [0.2, 0.25) is 0 Å². The summed E-state index contributed by atoms with van der Waals surface area (Å²) < 4.78 is 4.89. The van der Waals surface area contributed by atoms with Crippen LogP contribution in [0.1, 0.15) is 22.3 Å². The van der Waals surface area contributed by atoms with Gasteiger partial charge in [-0.05, 0) is 18.2 Å². The number of amides is 1. The van der Waals surface area contributed by atoms with Crippen molar-refractivity contribution < 1.29 is 24.2 Å². The second kappa shape index (κ2) is 4.08. The molecule has 19 heavy (non-hydrogen) atoms. The Morgan fingerprint density at radius 2 is 2.16 bits per heavy atom. The van der Waals surface area contributed by atoms with Crippen molar-refractivity contribution in [3.63, 3.8) is 0 Å². The molecule has 1 amide bonds. The summed E-state index contributed by atoms with van der Waals surface area (Å²) in [6, 6.07) is 4.97. The molecule has 1 saturated heterocycles. The first-order valence-corrected chi connectivity index (χ1v) is 5.89. The molecule has 3 rings (SSSR count). The third kappa shape index (κ3) is 1.85. The smallest absolute Gasteiger partial charge is 0.338 e. The number of carboxylic acid groups (broad SMARTS) is 1. The standard InChI is InChI=1S/C13H11NO5/c15-11-4-7(12(16)17)5-14(11)9-1-2-10-8(3-9)6-19-13(10)18/h1-3,7H,4-6H2,(H,16,17)/t7-/m1/s1. The molecule has 0 unspecified atom stereocenters. The minimum Gasteiger partial charge on any atom is -0.481 e. The number of rotatable bonds is 2. The van der Waals surface area contributed by atoms with Gasteiger partial charge in [-0.1, -0.05) is 0 Å². The number of carbonyl (C=O) groups excluding carboxylic acids is 2. The zero-order chi connectivity index (χ0) is 13.6. The third-order valence-electron chi connectivity index (χ3n) is 3.45. The van der Waals surface area contributed by atoms with Gasteiger partial charge in [-0.15, -0.1) is 0 Å². The maximum absolute atomic E-state index is 11.8. The highest BCUT2D eigenvalue weighted by molar-refractivity contribution is 6.00. The van der Waals surface area contributed by atoms with Gasteiger partial charge in [-0.25, -0.2) is 4.79 Å². The number of carbonyl (C=O) groups is 3. The normalized spacial score (nSPS) is 21.5. The number of benzene rings is 1. The molecule has 0 spiro atoms. The molecule has 6 nitrogen and oxygen atoms in total. The number of cyclic esters (lactones) is 1. The number of fused-ring (bicyclic) bond motifs is 1. The summed E-state index contributed by atoms with van der Waals surface area (Å²) >= 11 is 0. The predicted octanol–water partition coefficient (Wildman–Crippen LogP) is 0.794. The van der Waals surface area contributed by atoms with Crippen molar-refractivity contribution in [2.75, 3.05) is 11.4 Å². The lowest BCUT2D eigenvalue weighted by atomic mass is 10.1. The number of nitrogens with zero attached hydrogens (tertiary/aromatic N) is 1. The van der Waals surface area contributed by atoms with Crippen molar-refractivity contribution in [2.45, 2.75) is 13.0 Å². The lowest BCUT2D eigenvalue weighted by Crippen LogP contribution is -2.25. The first kappa shape index (κ1) is 11.7. The minimum absolute atomic E-state index is 0.0157. The first-order chi connectivity index (χ1) is 9.06. The summed E-state index contributed by atoms with van der Waals surface area (Å²) in [7, 11) is 0. The minimum atomic E-state index is -0.962. The zero-order valence-corrected chi connectivity index (χ0v) is 9.96. The van der Waals surface area contributed by atoms with E-state index in [-0.39, 0.29) is 31.4 Å². The van der Waals surface area contributed by atoms with Crippen LogP contribution in [0.25, 0.3) is 0 Å². The number of hydrogen-bond donors (Lipinski definition) is 1. The second-order valence-corrected chi connectivity index (χ2v) is 4.66. The maximum atomic E-state index is 11.8. The molecule has 0 bridgehead atoms. The van der Waals surface area contributed by atoms with Crippen LogP contribution in [-0.4, -0.2) is 29.5 Å². The fourth-order valence-electron chi connectivity index (χ4n) is 2.41. The molecule has 1 fully saturated rings. The van der Waals surface area contributed by atoms with Crippen molar-refractivity contribution in [1.82, 2.24) is 0 Å². The van der Waals surface area contributed by atoms with Crippen molar-refractivity contribution in [3.8, 4) is 0 Å². The highest BCUT2D eigenvalue weighted by Crippen LogP contribution is 2.29. The molecule has 98 valence electrons. The molecular formula is C13H11NO5. The Balaban J connectivity index is 1.90. The maximum Gasteiger partial charge on any atom is 0.338 e. The quantitative estimate of drug-likeness (QED) is 0.796. The van der Waals surface area contributed by atoms with Crippen molar-refractivity contribution in [3.05, 3.63) is 29.3 Å². The number of aliphatic carboxylic acids is 1. The lowest BCUT2D eigenvalue weighted by molar-refractivity contribution is -0.141. The van der Waals surface area contributed by atoms with E-state index in [9.17, 15) is 14.4 Å². The van der Waals surface area contributed by atoms with Crippen LogP contribution in [0.5, 0.6) is 0 Å². The van der Waals surface area contributed by atoms with Crippen LogP contribution in [0.15, 0.2) is 18.2 Å². The Hall–Kier alpha value is -2.37. The Bertz CT molecular complexity index is 595. The summed E-state index contributed by atoms with van der Waals surface area (Å²) in [4.78, 5) is 35.5. The monoisotopic (exact) mass is 261 g/mol. The van der Waals surface area contributed by atoms with Gasteiger partial charge in [0.05, 0.1) is 11.5 Å². The zero-order valence-electron chi connectivity index (χ0n) is 9.96. The van der Waals surface area contributed by atoms with Gasteiger partial charge in [-0.2, -0.15) is 0 Å². The van der Waals surface area contributed by atoms with E-state index in [0.717, 1.165) is 5.56 Å². The number of anilines is 1. The van der Waals surface area contributed by atoms with Crippen molar-refractivity contribution in [2.24, 2.45) is 5.92 Å². The fourth-order valence-corrected chi connectivity index (χ4v) is 2.41. The van der Waals surface area contributed by atoms with Gasteiger partial charge in [0.2, 0.25) is 5.91 Å². The molecule has 2 heterocycles. The molecule has 0 aromatic heterocycles. The number of esters is 1. The average Bonchev–Trinajstić information content (AvgIpc) is 2.93. The number of carboxylic acids is 1. The number of hydrogen-bond acceptors (Lipinski definition) is 4. The van der Waals surface area contributed by atoms with E-state index < -0.39 is 11.9 Å². The van der Waals surface area contributed by atoms with Gasteiger partial charge in [0, 0.05) is 24.2 Å².